The monoisotopic (exact) mass is 414 g/mol. The lowest BCUT2D eigenvalue weighted by atomic mass is 9.99. The van der Waals surface area contributed by atoms with Crippen LogP contribution >= 0.6 is 11.6 Å². The van der Waals surface area contributed by atoms with Crippen molar-refractivity contribution in [3.8, 4) is 17.2 Å². The molecule has 8 heteroatoms. The Morgan fingerprint density at radius 3 is 2.79 bits per heavy atom. The number of amides is 2. The van der Waals surface area contributed by atoms with Crippen LogP contribution in [0, 0.1) is 5.92 Å². The van der Waals surface area contributed by atoms with Crippen LogP contribution in [0.2, 0.25) is 5.02 Å². The third-order valence-electron chi connectivity index (χ3n) is 5.49. The fourth-order valence-electron chi connectivity index (χ4n) is 3.99. The van der Waals surface area contributed by atoms with Gasteiger partial charge in [0.2, 0.25) is 18.6 Å². The van der Waals surface area contributed by atoms with E-state index in [4.69, 9.17) is 25.8 Å². The van der Waals surface area contributed by atoms with Crippen LogP contribution in [-0.4, -0.2) is 31.8 Å². The van der Waals surface area contributed by atoms with Gasteiger partial charge in [0.1, 0.15) is 5.75 Å². The Morgan fingerprint density at radius 1 is 1.07 bits per heavy atom. The van der Waals surface area contributed by atoms with E-state index in [0.29, 0.717) is 41.8 Å². The number of hydrogen-bond acceptors (Lipinski definition) is 5. The number of nitrogens with one attached hydrogen (secondary N) is 1. The van der Waals surface area contributed by atoms with Crippen LogP contribution in [0.5, 0.6) is 17.2 Å². The lowest BCUT2D eigenvalue weighted by Gasteiger charge is -2.27. The molecule has 7 nitrogen and oxygen atoms in total. The molecule has 3 aliphatic rings. The van der Waals surface area contributed by atoms with Gasteiger partial charge in [-0.2, -0.15) is 0 Å². The zero-order valence-corrected chi connectivity index (χ0v) is 16.3. The van der Waals surface area contributed by atoms with Gasteiger partial charge in [-0.25, -0.2) is 0 Å². The van der Waals surface area contributed by atoms with Gasteiger partial charge in [-0.3, -0.25) is 9.59 Å². The number of rotatable bonds is 3. The van der Waals surface area contributed by atoms with Crippen LogP contribution in [0.3, 0.4) is 0 Å². The predicted octanol–water partition coefficient (Wildman–Crippen LogP) is 3.06. The number of ether oxygens (including phenoxy) is 3. The molecule has 1 fully saturated rings. The molecule has 2 aromatic rings. The van der Waals surface area contributed by atoms with Crippen molar-refractivity contribution in [2.24, 2.45) is 5.92 Å². The van der Waals surface area contributed by atoms with Gasteiger partial charge in [-0.15, -0.1) is 0 Å². The highest BCUT2D eigenvalue weighted by Gasteiger charge is 2.37. The second-order valence-electron chi connectivity index (χ2n) is 7.32. The number of nitrogens with zero attached hydrogens (tertiary/aromatic N) is 1. The first-order valence-corrected chi connectivity index (χ1v) is 9.89. The molecular weight excluding hydrogens is 396 g/mol. The number of carbonyl (C=O) groups is 2. The summed E-state index contributed by atoms with van der Waals surface area (Å²) in [5.74, 6) is 1.36. The van der Waals surface area contributed by atoms with E-state index in [1.165, 1.54) is 0 Å². The summed E-state index contributed by atoms with van der Waals surface area (Å²) in [6, 6.07) is 10.6. The Kier molecular flexibility index (Phi) is 4.47. The molecule has 2 atom stereocenters. The van der Waals surface area contributed by atoms with E-state index in [0.717, 1.165) is 11.3 Å². The van der Waals surface area contributed by atoms with E-state index in [-0.39, 0.29) is 31.1 Å². The van der Waals surface area contributed by atoms with Gasteiger partial charge in [-0.1, -0.05) is 11.6 Å². The first kappa shape index (κ1) is 18.1. The summed E-state index contributed by atoms with van der Waals surface area (Å²) in [5, 5.41) is 3.67. The van der Waals surface area contributed by atoms with Crippen molar-refractivity contribution in [3.05, 3.63) is 47.0 Å². The van der Waals surface area contributed by atoms with Gasteiger partial charge in [0.15, 0.2) is 11.5 Å². The van der Waals surface area contributed by atoms with E-state index in [2.05, 4.69) is 5.32 Å². The molecule has 0 bridgehead atoms. The standard InChI is InChI=1S/C21H19ClN2O5/c22-13-1-3-17-15(8-13)16(5-6-27-17)23-21(26)12-7-20(25)24(10-12)14-2-4-18-19(9-14)29-11-28-18/h1-4,8-9,12,16H,5-7,10-11H2,(H,23,26). The van der Waals surface area contributed by atoms with Crippen molar-refractivity contribution < 1.29 is 23.8 Å². The Balaban J connectivity index is 1.30. The summed E-state index contributed by atoms with van der Waals surface area (Å²) in [6.45, 7) is 1.02. The molecule has 2 unspecified atom stereocenters. The molecule has 3 aliphatic heterocycles. The minimum atomic E-state index is -0.418. The number of carbonyl (C=O) groups excluding carboxylic acids is 2. The molecular formula is C21H19ClN2O5. The van der Waals surface area contributed by atoms with Gasteiger partial charge in [0, 0.05) is 41.7 Å². The maximum absolute atomic E-state index is 12.9. The van der Waals surface area contributed by atoms with E-state index >= 15 is 0 Å². The normalized spacial score (nSPS) is 22.2. The Morgan fingerprint density at radius 2 is 1.90 bits per heavy atom. The zero-order valence-electron chi connectivity index (χ0n) is 15.5. The predicted molar refractivity (Wildman–Crippen MR) is 105 cm³/mol. The lowest BCUT2D eigenvalue weighted by Crippen LogP contribution is -2.37. The highest BCUT2D eigenvalue weighted by atomic mass is 35.5. The molecule has 1 saturated heterocycles. The van der Waals surface area contributed by atoms with Crippen molar-refractivity contribution in [1.29, 1.82) is 0 Å². The summed E-state index contributed by atoms with van der Waals surface area (Å²) in [5.41, 5.74) is 1.58. The minimum absolute atomic E-state index is 0.0839. The number of hydrogen-bond donors (Lipinski definition) is 1. The second-order valence-corrected chi connectivity index (χ2v) is 7.76. The van der Waals surface area contributed by atoms with Crippen LogP contribution in [0.15, 0.2) is 36.4 Å². The fraction of sp³-hybridized carbons (Fsp3) is 0.333. The topological polar surface area (TPSA) is 77.1 Å². The van der Waals surface area contributed by atoms with E-state index in [1.54, 1.807) is 23.1 Å². The van der Waals surface area contributed by atoms with Gasteiger partial charge in [-0.05, 0) is 30.3 Å². The summed E-state index contributed by atoms with van der Waals surface area (Å²) in [4.78, 5) is 27.1. The Bertz CT molecular complexity index is 995. The van der Waals surface area contributed by atoms with Crippen LogP contribution in [0.4, 0.5) is 5.69 Å². The molecule has 0 spiro atoms. The quantitative estimate of drug-likeness (QED) is 0.835. The van der Waals surface area contributed by atoms with Crippen LogP contribution < -0.4 is 24.4 Å². The molecule has 0 aromatic heterocycles. The fourth-order valence-corrected chi connectivity index (χ4v) is 4.17. The summed E-state index contributed by atoms with van der Waals surface area (Å²) >= 11 is 6.11. The van der Waals surface area contributed by atoms with Gasteiger partial charge >= 0.3 is 0 Å². The van der Waals surface area contributed by atoms with Crippen molar-refractivity contribution in [1.82, 2.24) is 5.32 Å². The maximum Gasteiger partial charge on any atom is 0.231 e. The van der Waals surface area contributed by atoms with Crippen LogP contribution in [0.1, 0.15) is 24.4 Å². The number of benzene rings is 2. The van der Waals surface area contributed by atoms with E-state index in [9.17, 15) is 9.59 Å². The van der Waals surface area contributed by atoms with Crippen molar-refractivity contribution in [2.45, 2.75) is 18.9 Å². The molecule has 5 rings (SSSR count). The van der Waals surface area contributed by atoms with Gasteiger partial charge in [0.05, 0.1) is 18.6 Å². The second kappa shape index (κ2) is 7.15. The molecule has 0 aliphatic carbocycles. The largest absolute Gasteiger partial charge is 0.493 e. The molecule has 150 valence electrons. The first-order chi connectivity index (χ1) is 14.1. The average molecular weight is 415 g/mol. The van der Waals surface area contributed by atoms with E-state index in [1.807, 2.05) is 18.2 Å². The third-order valence-corrected chi connectivity index (χ3v) is 5.73. The molecule has 1 N–H and O–H groups in total. The summed E-state index contributed by atoms with van der Waals surface area (Å²) in [6.07, 6.45) is 0.831. The van der Waals surface area contributed by atoms with Crippen LogP contribution in [0.25, 0.3) is 0 Å². The number of anilines is 1. The SMILES string of the molecule is O=C(NC1CCOc2ccc(Cl)cc21)C1CC(=O)N(c2ccc3c(c2)OCO3)C1. The molecule has 2 amide bonds. The molecule has 3 heterocycles. The highest BCUT2D eigenvalue weighted by Crippen LogP contribution is 2.38. The van der Waals surface area contributed by atoms with Crippen molar-refractivity contribution in [2.75, 3.05) is 24.8 Å². The molecule has 29 heavy (non-hydrogen) atoms. The van der Waals surface area contributed by atoms with Gasteiger partial charge < -0.3 is 24.4 Å². The highest BCUT2D eigenvalue weighted by molar-refractivity contribution is 6.30. The average Bonchev–Trinajstić information content (AvgIpc) is 3.34. The number of fused-ring (bicyclic) bond motifs is 2. The van der Waals surface area contributed by atoms with Crippen molar-refractivity contribution in [3.63, 3.8) is 0 Å². The first-order valence-electron chi connectivity index (χ1n) is 9.51. The maximum atomic E-state index is 12.9. The third kappa shape index (κ3) is 3.35. The molecule has 0 saturated carbocycles. The van der Waals surface area contributed by atoms with Crippen molar-refractivity contribution >= 4 is 29.1 Å². The van der Waals surface area contributed by atoms with Gasteiger partial charge in [0.25, 0.3) is 0 Å². The number of halogens is 1. The molecule has 2 aromatic carbocycles. The van der Waals surface area contributed by atoms with E-state index < -0.39 is 5.92 Å². The smallest absolute Gasteiger partial charge is 0.231 e. The molecule has 0 radical (unpaired) electrons. The summed E-state index contributed by atoms with van der Waals surface area (Å²) in [7, 11) is 0. The zero-order chi connectivity index (χ0) is 20.0. The Hall–Kier alpha value is -2.93. The summed E-state index contributed by atoms with van der Waals surface area (Å²) < 4.78 is 16.4. The minimum Gasteiger partial charge on any atom is -0.493 e. The Labute approximate surface area is 172 Å². The van der Waals surface area contributed by atoms with Crippen LogP contribution in [-0.2, 0) is 9.59 Å². The lowest BCUT2D eigenvalue weighted by molar-refractivity contribution is -0.127.